The Bertz CT molecular complexity index is 570. The van der Waals surface area contributed by atoms with Crippen molar-refractivity contribution in [1.29, 1.82) is 0 Å². The molecule has 19 heavy (non-hydrogen) atoms. The third kappa shape index (κ3) is 4.08. The molecule has 1 amide bonds. The Kier molecular flexibility index (Phi) is 4.99. The lowest BCUT2D eigenvalue weighted by Gasteiger charge is -2.03. The largest absolute Gasteiger partial charge is 0.361 e. The smallest absolute Gasteiger partial charge is 0.221 e. The number of halogens is 1. The van der Waals surface area contributed by atoms with Crippen LogP contribution in [0.4, 0.5) is 5.13 Å². The van der Waals surface area contributed by atoms with E-state index in [-0.39, 0.29) is 5.91 Å². The fourth-order valence-corrected chi connectivity index (χ4v) is 2.78. The number of benzene rings is 1. The predicted octanol–water partition coefficient (Wildman–Crippen LogP) is 3.28. The van der Waals surface area contributed by atoms with Crippen LogP contribution in [0, 0.1) is 0 Å². The number of aromatic nitrogens is 1. The highest BCUT2D eigenvalue weighted by atomic mass is 35.5. The standard InChI is InChI=1S/C13H16ClN3OS/c1-2-6-15-12(18)5-7-16-13-17-10-4-3-9(14)8-11(10)19-13/h3-4,8H,2,5-7H2,1H3,(H,15,18)(H,16,17). The first kappa shape index (κ1) is 14.1. The number of carbonyl (C=O) groups is 1. The number of rotatable bonds is 6. The van der Waals surface area contributed by atoms with Crippen LogP contribution in [0.15, 0.2) is 18.2 Å². The molecule has 0 aliphatic rings. The van der Waals surface area contributed by atoms with Crippen LogP contribution < -0.4 is 10.6 Å². The number of nitrogens with one attached hydrogen (secondary N) is 2. The summed E-state index contributed by atoms with van der Waals surface area (Å²) in [4.78, 5) is 15.9. The van der Waals surface area contributed by atoms with Crippen LogP contribution in [-0.2, 0) is 4.79 Å². The van der Waals surface area contributed by atoms with Gasteiger partial charge in [-0.05, 0) is 24.6 Å². The van der Waals surface area contributed by atoms with Crippen LogP contribution in [0.5, 0.6) is 0 Å². The molecular formula is C13H16ClN3OS. The molecule has 0 spiro atoms. The quantitative estimate of drug-likeness (QED) is 0.860. The van der Waals surface area contributed by atoms with E-state index in [2.05, 4.69) is 15.6 Å². The van der Waals surface area contributed by atoms with E-state index < -0.39 is 0 Å². The number of anilines is 1. The van der Waals surface area contributed by atoms with Crippen molar-refractivity contribution < 1.29 is 4.79 Å². The van der Waals surface area contributed by atoms with Crippen LogP contribution in [-0.4, -0.2) is 24.0 Å². The topological polar surface area (TPSA) is 54.0 Å². The van der Waals surface area contributed by atoms with Crippen molar-refractivity contribution in [3.63, 3.8) is 0 Å². The summed E-state index contributed by atoms with van der Waals surface area (Å²) in [7, 11) is 0. The summed E-state index contributed by atoms with van der Waals surface area (Å²) in [6.07, 6.45) is 1.41. The molecule has 1 heterocycles. The van der Waals surface area contributed by atoms with Crippen LogP contribution in [0.1, 0.15) is 19.8 Å². The maximum atomic E-state index is 11.4. The van der Waals surface area contributed by atoms with Crippen molar-refractivity contribution >= 4 is 44.2 Å². The van der Waals surface area contributed by atoms with Gasteiger partial charge < -0.3 is 10.6 Å². The van der Waals surface area contributed by atoms with E-state index in [9.17, 15) is 4.79 Å². The Balaban J connectivity index is 1.86. The first-order valence-electron chi connectivity index (χ1n) is 6.25. The summed E-state index contributed by atoms with van der Waals surface area (Å²) >= 11 is 7.47. The Morgan fingerprint density at radius 2 is 2.26 bits per heavy atom. The highest BCUT2D eigenvalue weighted by molar-refractivity contribution is 7.22. The fourth-order valence-electron chi connectivity index (χ4n) is 1.61. The number of amides is 1. The lowest BCUT2D eigenvalue weighted by atomic mass is 10.3. The third-order valence-corrected chi connectivity index (χ3v) is 3.76. The van der Waals surface area contributed by atoms with Gasteiger partial charge in [-0.25, -0.2) is 4.98 Å². The summed E-state index contributed by atoms with van der Waals surface area (Å²) in [6.45, 7) is 3.35. The molecule has 0 fully saturated rings. The van der Waals surface area contributed by atoms with Crippen LogP contribution in [0.3, 0.4) is 0 Å². The van der Waals surface area contributed by atoms with Crippen molar-refractivity contribution in [3.05, 3.63) is 23.2 Å². The average Bonchev–Trinajstić information content (AvgIpc) is 2.78. The van der Waals surface area contributed by atoms with E-state index in [4.69, 9.17) is 11.6 Å². The van der Waals surface area contributed by atoms with E-state index >= 15 is 0 Å². The molecular weight excluding hydrogens is 282 g/mol. The summed E-state index contributed by atoms with van der Waals surface area (Å²) in [5.41, 5.74) is 0.923. The highest BCUT2D eigenvalue weighted by Crippen LogP contribution is 2.28. The normalized spacial score (nSPS) is 10.6. The zero-order valence-corrected chi connectivity index (χ0v) is 12.3. The number of thiazole rings is 1. The summed E-state index contributed by atoms with van der Waals surface area (Å²) < 4.78 is 1.05. The zero-order valence-electron chi connectivity index (χ0n) is 10.7. The molecule has 6 heteroatoms. The molecule has 0 atom stereocenters. The molecule has 4 nitrogen and oxygen atoms in total. The molecule has 0 saturated carbocycles. The van der Waals surface area contributed by atoms with Gasteiger partial charge in [0.05, 0.1) is 10.2 Å². The number of carbonyl (C=O) groups excluding carboxylic acids is 1. The minimum absolute atomic E-state index is 0.0681. The molecule has 2 rings (SSSR count). The molecule has 102 valence electrons. The van der Waals surface area contributed by atoms with Crippen molar-refractivity contribution in [1.82, 2.24) is 10.3 Å². The van der Waals surface area contributed by atoms with E-state index in [1.54, 1.807) is 11.3 Å². The van der Waals surface area contributed by atoms with E-state index in [1.807, 2.05) is 25.1 Å². The molecule has 1 aromatic carbocycles. The maximum absolute atomic E-state index is 11.4. The highest BCUT2D eigenvalue weighted by Gasteiger charge is 2.05. The summed E-state index contributed by atoms with van der Waals surface area (Å²) in [6, 6.07) is 5.62. The van der Waals surface area contributed by atoms with Gasteiger partial charge in [0.1, 0.15) is 0 Å². The van der Waals surface area contributed by atoms with Crippen LogP contribution in [0.25, 0.3) is 10.2 Å². The minimum atomic E-state index is 0.0681. The Hall–Kier alpha value is -1.33. The van der Waals surface area contributed by atoms with Crippen LogP contribution in [0.2, 0.25) is 5.02 Å². The second kappa shape index (κ2) is 6.73. The number of fused-ring (bicyclic) bond motifs is 1. The van der Waals surface area contributed by atoms with E-state index in [0.29, 0.717) is 18.0 Å². The van der Waals surface area contributed by atoms with Gasteiger partial charge >= 0.3 is 0 Å². The van der Waals surface area contributed by atoms with Crippen molar-refractivity contribution in [3.8, 4) is 0 Å². The van der Waals surface area contributed by atoms with Gasteiger partial charge in [-0.2, -0.15) is 0 Å². The first-order chi connectivity index (χ1) is 9.19. The molecule has 0 aliphatic carbocycles. The first-order valence-corrected chi connectivity index (χ1v) is 7.45. The van der Waals surface area contributed by atoms with Gasteiger partial charge in [-0.1, -0.05) is 29.9 Å². The van der Waals surface area contributed by atoms with E-state index in [1.165, 1.54) is 0 Å². The van der Waals surface area contributed by atoms with Gasteiger partial charge in [0.25, 0.3) is 0 Å². The molecule has 0 radical (unpaired) electrons. The SMILES string of the molecule is CCCNC(=O)CCNc1nc2ccc(Cl)cc2s1. The average molecular weight is 298 g/mol. The van der Waals surface area contributed by atoms with E-state index in [0.717, 1.165) is 28.3 Å². The molecule has 1 aromatic heterocycles. The monoisotopic (exact) mass is 297 g/mol. The van der Waals surface area contributed by atoms with Gasteiger partial charge in [0.15, 0.2) is 5.13 Å². The summed E-state index contributed by atoms with van der Waals surface area (Å²) in [5.74, 6) is 0.0681. The zero-order chi connectivity index (χ0) is 13.7. The molecule has 2 N–H and O–H groups in total. The number of nitrogens with zero attached hydrogens (tertiary/aromatic N) is 1. The molecule has 0 bridgehead atoms. The Labute approximate surface area is 121 Å². The second-order valence-electron chi connectivity index (χ2n) is 4.16. The van der Waals surface area contributed by atoms with Gasteiger partial charge in [-0.3, -0.25) is 4.79 Å². The molecule has 0 saturated heterocycles. The molecule has 2 aromatic rings. The van der Waals surface area contributed by atoms with Crippen LogP contribution >= 0.6 is 22.9 Å². The van der Waals surface area contributed by atoms with Gasteiger partial charge in [-0.15, -0.1) is 0 Å². The maximum Gasteiger partial charge on any atom is 0.221 e. The van der Waals surface area contributed by atoms with Gasteiger partial charge in [0.2, 0.25) is 5.91 Å². The van der Waals surface area contributed by atoms with Gasteiger partial charge in [0, 0.05) is 24.5 Å². The predicted molar refractivity (Wildman–Crippen MR) is 81.0 cm³/mol. The Morgan fingerprint density at radius 3 is 3.05 bits per heavy atom. The lowest BCUT2D eigenvalue weighted by Crippen LogP contribution is -2.25. The third-order valence-electron chi connectivity index (χ3n) is 2.55. The molecule has 0 unspecified atom stereocenters. The minimum Gasteiger partial charge on any atom is -0.361 e. The van der Waals surface area contributed by atoms with Crippen molar-refractivity contribution in [2.75, 3.05) is 18.4 Å². The fraction of sp³-hybridized carbons (Fsp3) is 0.385. The van der Waals surface area contributed by atoms with Crippen molar-refractivity contribution in [2.45, 2.75) is 19.8 Å². The van der Waals surface area contributed by atoms with Crippen molar-refractivity contribution in [2.24, 2.45) is 0 Å². The summed E-state index contributed by atoms with van der Waals surface area (Å²) in [5, 5.41) is 7.53. The number of hydrogen-bond donors (Lipinski definition) is 2. The Morgan fingerprint density at radius 1 is 1.42 bits per heavy atom. The lowest BCUT2D eigenvalue weighted by molar-refractivity contribution is -0.120. The molecule has 0 aliphatic heterocycles. The number of hydrogen-bond acceptors (Lipinski definition) is 4. The second-order valence-corrected chi connectivity index (χ2v) is 5.62.